The number of hydrogen-bond acceptors (Lipinski definition) is 4. The van der Waals surface area contributed by atoms with Gasteiger partial charge in [-0.25, -0.2) is 4.79 Å². The highest BCUT2D eigenvalue weighted by molar-refractivity contribution is 9.10. The summed E-state index contributed by atoms with van der Waals surface area (Å²) in [6.07, 6.45) is 1.98. The van der Waals surface area contributed by atoms with Crippen molar-refractivity contribution in [2.24, 2.45) is 5.92 Å². The van der Waals surface area contributed by atoms with Gasteiger partial charge < -0.3 is 19.7 Å². The predicted molar refractivity (Wildman–Crippen MR) is 104 cm³/mol. The Morgan fingerprint density at radius 1 is 1.35 bits per heavy atom. The third-order valence-electron chi connectivity index (χ3n) is 4.15. The molecule has 1 aliphatic rings. The summed E-state index contributed by atoms with van der Waals surface area (Å²) in [6.45, 7) is 4.32. The van der Waals surface area contributed by atoms with Crippen LogP contribution in [0.5, 0.6) is 5.75 Å². The second kappa shape index (κ2) is 10.6. The Hall–Kier alpha value is -1.47. The number of rotatable bonds is 7. The van der Waals surface area contributed by atoms with E-state index in [4.69, 9.17) is 21.1 Å². The zero-order chi connectivity index (χ0) is 18.9. The minimum Gasteiger partial charge on any atom is -0.492 e. The lowest BCUT2D eigenvalue weighted by atomic mass is 9.97. The summed E-state index contributed by atoms with van der Waals surface area (Å²) in [4.78, 5) is 25.6. The van der Waals surface area contributed by atoms with Crippen LogP contribution < -0.4 is 10.1 Å². The Morgan fingerprint density at radius 2 is 2.08 bits per heavy atom. The van der Waals surface area contributed by atoms with Crippen molar-refractivity contribution in [1.82, 2.24) is 10.2 Å². The number of nitrogens with one attached hydrogen (secondary N) is 1. The van der Waals surface area contributed by atoms with Gasteiger partial charge in [-0.2, -0.15) is 0 Å². The number of esters is 1. The minimum atomic E-state index is -0.156. The molecule has 1 fully saturated rings. The molecule has 26 heavy (non-hydrogen) atoms. The first-order valence-corrected chi connectivity index (χ1v) is 9.95. The van der Waals surface area contributed by atoms with Gasteiger partial charge >= 0.3 is 12.0 Å². The summed E-state index contributed by atoms with van der Waals surface area (Å²) in [5, 5.41) is 3.43. The normalized spacial score (nSPS) is 14.8. The zero-order valence-corrected chi connectivity index (χ0v) is 17.1. The van der Waals surface area contributed by atoms with Gasteiger partial charge in [0.05, 0.1) is 24.2 Å². The summed E-state index contributed by atoms with van der Waals surface area (Å²) in [6, 6.07) is 5.34. The Kier molecular flexibility index (Phi) is 8.51. The molecular formula is C18H24BrClN2O4. The van der Waals surface area contributed by atoms with Crippen LogP contribution in [0, 0.1) is 5.92 Å². The second-order valence-electron chi connectivity index (χ2n) is 6.02. The van der Waals surface area contributed by atoms with Gasteiger partial charge in [0.2, 0.25) is 0 Å². The summed E-state index contributed by atoms with van der Waals surface area (Å²) in [7, 11) is 0. The van der Waals surface area contributed by atoms with Crippen molar-refractivity contribution in [3.05, 3.63) is 27.7 Å². The highest BCUT2D eigenvalue weighted by atomic mass is 79.9. The molecule has 0 saturated carbocycles. The quantitative estimate of drug-likeness (QED) is 0.509. The van der Waals surface area contributed by atoms with Crippen molar-refractivity contribution in [3.8, 4) is 5.75 Å². The lowest BCUT2D eigenvalue weighted by Crippen LogP contribution is -2.46. The van der Waals surface area contributed by atoms with Crippen LogP contribution in [-0.2, 0) is 9.53 Å². The minimum absolute atomic E-state index is 0.0944. The highest BCUT2D eigenvalue weighted by Crippen LogP contribution is 2.27. The topological polar surface area (TPSA) is 67.9 Å². The summed E-state index contributed by atoms with van der Waals surface area (Å²) >= 11 is 9.43. The molecule has 0 radical (unpaired) electrons. The van der Waals surface area contributed by atoms with Crippen molar-refractivity contribution in [1.29, 1.82) is 0 Å². The number of likely N-dealkylation sites (tertiary alicyclic amines) is 1. The van der Waals surface area contributed by atoms with E-state index in [1.807, 2.05) is 6.07 Å². The van der Waals surface area contributed by atoms with Crippen LogP contribution in [-0.4, -0.2) is 49.7 Å². The van der Waals surface area contributed by atoms with Crippen LogP contribution in [0.25, 0.3) is 0 Å². The van der Waals surface area contributed by atoms with E-state index in [0.717, 1.165) is 4.47 Å². The van der Waals surface area contributed by atoms with Gasteiger partial charge in [0.1, 0.15) is 5.75 Å². The fourth-order valence-electron chi connectivity index (χ4n) is 2.73. The highest BCUT2D eigenvalue weighted by Gasteiger charge is 2.27. The van der Waals surface area contributed by atoms with E-state index in [1.54, 1.807) is 24.0 Å². The molecule has 1 saturated heterocycles. The first-order chi connectivity index (χ1) is 12.5. The standard InChI is InChI=1S/C18H24BrClN2O4/c1-2-25-17(23)13-6-9-22(10-7-13)18(24)21-8-3-11-26-16-5-4-14(19)12-15(16)20/h4-5,12-13H,2-3,6-11H2,1H3,(H,21,24). The molecule has 2 rings (SSSR count). The first kappa shape index (κ1) is 20.8. The van der Waals surface area contributed by atoms with E-state index < -0.39 is 0 Å². The molecule has 8 heteroatoms. The van der Waals surface area contributed by atoms with E-state index in [-0.39, 0.29) is 17.9 Å². The lowest BCUT2D eigenvalue weighted by Gasteiger charge is -2.30. The van der Waals surface area contributed by atoms with Crippen LogP contribution in [0.4, 0.5) is 4.79 Å². The number of amides is 2. The Balaban J connectivity index is 1.61. The molecule has 0 bridgehead atoms. The maximum absolute atomic E-state index is 12.2. The number of benzene rings is 1. The summed E-state index contributed by atoms with van der Waals surface area (Å²) in [5.74, 6) is 0.376. The maximum atomic E-state index is 12.2. The number of carbonyl (C=O) groups excluding carboxylic acids is 2. The molecule has 0 aromatic heterocycles. The van der Waals surface area contributed by atoms with Gasteiger partial charge in [0.25, 0.3) is 0 Å². The van der Waals surface area contributed by atoms with Crippen molar-refractivity contribution >= 4 is 39.5 Å². The maximum Gasteiger partial charge on any atom is 0.317 e. The van der Waals surface area contributed by atoms with Gasteiger partial charge in [-0.05, 0) is 44.4 Å². The molecule has 0 atom stereocenters. The molecule has 0 spiro atoms. The number of carbonyl (C=O) groups is 2. The largest absolute Gasteiger partial charge is 0.492 e. The first-order valence-electron chi connectivity index (χ1n) is 8.78. The van der Waals surface area contributed by atoms with E-state index in [1.165, 1.54) is 0 Å². The number of nitrogens with zero attached hydrogens (tertiary/aromatic N) is 1. The summed E-state index contributed by atoms with van der Waals surface area (Å²) in [5.41, 5.74) is 0. The van der Waals surface area contributed by atoms with E-state index >= 15 is 0 Å². The Labute approximate surface area is 167 Å². The third kappa shape index (κ3) is 6.36. The molecule has 6 nitrogen and oxygen atoms in total. The van der Waals surface area contributed by atoms with Crippen LogP contribution in [0.3, 0.4) is 0 Å². The average Bonchev–Trinajstić information content (AvgIpc) is 2.63. The zero-order valence-electron chi connectivity index (χ0n) is 14.8. The van der Waals surface area contributed by atoms with Crippen molar-refractivity contribution in [2.45, 2.75) is 26.2 Å². The molecule has 1 N–H and O–H groups in total. The fraction of sp³-hybridized carbons (Fsp3) is 0.556. The van der Waals surface area contributed by atoms with Crippen LogP contribution in [0.1, 0.15) is 26.2 Å². The number of halogens is 2. The monoisotopic (exact) mass is 446 g/mol. The number of piperidine rings is 1. The number of hydrogen-bond donors (Lipinski definition) is 1. The number of urea groups is 1. The molecule has 1 aromatic rings. The molecule has 1 aromatic carbocycles. The Bertz CT molecular complexity index is 621. The van der Waals surface area contributed by atoms with Gasteiger partial charge in [0, 0.05) is 24.1 Å². The van der Waals surface area contributed by atoms with Gasteiger partial charge in [-0.1, -0.05) is 27.5 Å². The van der Waals surface area contributed by atoms with Crippen molar-refractivity contribution < 1.29 is 19.1 Å². The van der Waals surface area contributed by atoms with Crippen LogP contribution in [0.15, 0.2) is 22.7 Å². The summed E-state index contributed by atoms with van der Waals surface area (Å²) < 4.78 is 11.5. The fourth-order valence-corrected chi connectivity index (χ4v) is 3.46. The van der Waals surface area contributed by atoms with Crippen molar-refractivity contribution in [3.63, 3.8) is 0 Å². The molecular weight excluding hydrogens is 424 g/mol. The Morgan fingerprint density at radius 3 is 2.73 bits per heavy atom. The number of ether oxygens (including phenoxy) is 2. The SMILES string of the molecule is CCOC(=O)C1CCN(C(=O)NCCCOc2ccc(Br)cc2Cl)CC1. The molecule has 144 valence electrons. The van der Waals surface area contributed by atoms with E-state index in [9.17, 15) is 9.59 Å². The van der Waals surface area contributed by atoms with E-state index in [2.05, 4.69) is 21.2 Å². The molecule has 1 aliphatic heterocycles. The second-order valence-corrected chi connectivity index (χ2v) is 7.34. The van der Waals surface area contributed by atoms with Gasteiger partial charge in [-0.15, -0.1) is 0 Å². The van der Waals surface area contributed by atoms with Crippen LogP contribution >= 0.6 is 27.5 Å². The van der Waals surface area contributed by atoms with E-state index in [0.29, 0.717) is 62.9 Å². The van der Waals surface area contributed by atoms with Gasteiger partial charge in [0.15, 0.2) is 0 Å². The smallest absolute Gasteiger partial charge is 0.317 e. The third-order valence-corrected chi connectivity index (χ3v) is 4.94. The van der Waals surface area contributed by atoms with Crippen molar-refractivity contribution in [2.75, 3.05) is 32.8 Å². The molecule has 0 unspecified atom stereocenters. The molecule has 0 aliphatic carbocycles. The predicted octanol–water partition coefficient (Wildman–Crippen LogP) is 3.86. The molecule has 1 heterocycles. The average molecular weight is 448 g/mol. The molecule has 2 amide bonds. The lowest BCUT2D eigenvalue weighted by molar-refractivity contribution is -0.149. The van der Waals surface area contributed by atoms with Gasteiger partial charge in [-0.3, -0.25) is 4.79 Å². The van der Waals surface area contributed by atoms with Crippen LogP contribution in [0.2, 0.25) is 5.02 Å².